The van der Waals surface area contributed by atoms with Gasteiger partial charge in [-0.3, -0.25) is 9.69 Å². The molecule has 144 valence electrons. The molecule has 1 aliphatic rings. The highest BCUT2D eigenvalue weighted by molar-refractivity contribution is 5.88. The molecule has 1 amide bonds. The molecule has 0 aliphatic carbocycles. The number of carbonyl (C=O) groups is 1. The van der Waals surface area contributed by atoms with Gasteiger partial charge in [0.15, 0.2) is 0 Å². The van der Waals surface area contributed by atoms with E-state index in [1.807, 2.05) is 55.5 Å². The summed E-state index contributed by atoms with van der Waals surface area (Å²) in [6.07, 6.45) is 0.875. The Bertz CT molecular complexity index is 952. The lowest BCUT2D eigenvalue weighted by molar-refractivity contribution is -0.141. The molecule has 0 radical (unpaired) electrons. The summed E-state index contributed by atoms with van der Waals surface area (Å²) in [5, 5.41) is 5.54. The summed E-state index contributed by atoms with van der Waals surface area (Å²) >= 11 is 0. The van der Waals surface area contributed by atoms with Crippen LogP contribution in [-0.4, -0.2) is 36.0 Å². The minimum absolute atomic E-state index is 0.0893. The molecule has 1 atom stereocenters. The first-order valence-corrected chi connectivity index (χ1v) is 9.85. The largest absolute Gasteiger partial charge is 0.492 e. The van der Waals surface area contributed by atoms with Crippen LogP contribution in [0, 0.1) is 0 Å². The van der Waals surface area contributed by atoms with Gasteiger partial charge in [0.05, 0.1) is 5.54 Å². The van der Waals surface area contributed by atoms with Gasteiger partial charge >= 0.3 is 0 Å². The maximum Gasteiger partial charge on any atom is 0.240 e. The van der Waals surface area contributed by atoms with Crippen LogP contribution in [0.3, 0.4) is 0 Å². The molecule has 4 nitrogen and oxygen atoms in total. The third kappa shape index (κ3) is 3.73. The van der Waals surface area contributed by atoms with Crippen LogP contribution in [-0.2, 0) is 11.3 Å². The molecule has 0 saturated carbocycles. The molecular weight excluding hydrogens is 348 g/mol. The number of rotatable bonds is 7. The molecule has 1 N–H and O–H groups in total. The van der Waals surface area contributed by atoms with E-state index in [4.69, 9.17) is 4.74 Å². The standard InChI is InChI=1S/C24H26N2O2/c1-24(14-15-26(24)16-17-28-21-11-3-2-4-12-21)23(27)25-18-20-10-7-9-19-8-5-6-13-22(19)20/h2-13H,14-18H2,1H3,(H,25,27). The predicted molar refractivity (Wildman–Crippen MR) is 112 cm³/mol. The first kappa shape index (κ1) is 18.5. The van der Waals surface area contributed by atoms with E-state index in [9.17, 15) is 4.79 Å². The number of hydrogen-bond donors (Lipinski definition) is 1. The van der Waals surface area contributed by atoms with Crippen molar-refractivity contribution in [3.8, 4) is 5.75 Å². The highest BCUT2D eigenvalue weighted by Crippen LogP contribution is 2.30. The molecule has 1 fully saturated rings. The van der Waals surface area contributed by atoms with E-state index in [1.165, 1.54) is 10.8 Å². The molecule has 1 unspecified atom stereocenters. The van der Waals surface area contributed by atoms with E-state index in [2.05, 4.69) is 34.5 Å². The van der Waals surface area contributed by atoms with Gasteiger partial charge in [-0.15, -0.1) is 0 Å². The van der Waals surface area contributed by atoms with Crippen molar-refractivity contribution in [2.75, 3.05) is 19.7 Å². The fourth-order valence-electron chi connectivity index (χ4n) is 3.82. The Morgan fingerprint density at radius 3 is 2.57 bits per heavy atom. The van der Waals surface area contributed by atoms with Gasteiger partial charge in [-0.25, -0.2) is 0 Å². The van der Waals surface area contributed by atoms with Crippen LogP contribution >= 0.6 is 0 Å². The summed E-state index contributed by atoms with van der Waals surface area (Å²) < 4.78 is 5.79. The normalized spacial score (nSPS) is 19.2. The lowest BCUT2D eigenvalue weighted by Gasteiger charge is -2.49. The monoisotopic (exact) mass is 374 g/mol. The molecule has 0 bridgehead atoms. The van der Waals surface area contributed by atoms with Gasteiger partial charge in [-0.05, 0) is 41.8 Å². The quantitative estimate of drug-likeness (QED) is 0.680. The first-order valence-electron chi connectivity index (χ1n) is 9.85. The number of likely N-dealkylation sites (tertiary alicyclic amines) is 1. The summed E-state index contributed by atoms with van der Waals surface area (Å²) in [6.45, 7) is 4.82. The minimum Gasteiger partial charge on any atom is -0.492 e. The van der Waals surface area contributed by atoms with Crippen LogP contribution in [0.15, 0.2) is 72.8 Å². The van der Waals surface area contributed by atoms with Crippen molar-refractivity contribution in [1.29, 1.82) is 0 Å². The Balaban J connectivity index is 1.33. The molecule has 0 spiro atoms. The number of nitrogens with one attached hydrogen (secondary N) is 1. The van der Waals surface area contributed by atoms with Crippen molar-refractivity contribution < 1.29 is 9.53 Å². The van der Waals surface area contributed by atoms with E-state index < -0.39 is 5.54 Å². The van der Waals surface area contributed by atoms with Gasteiger partial charge in [0, 0.05) is 19.6 Å². The third-order valence-electron chi connectivity index (χ3n) is 5.75. The fraction of sp³-hybridized carbons (Fsp3) is 0.292. The molecule has 4 heteroatoms. The number of fused-ring (bicyclic) bond motifs is 1. The minimum atomic E-state index is -0.454. The smallest absolute Gasteiger partial charge is 0.240 e. The van der Waals surface area contributed by atoms with Gasteiger partial charge in [0.25, 0.3) is 0 Å². The average Bonchev–Trinajstić information content (AvgIpc) is 2.74. The molecule has 1 aliphatic heterocycles. The zero-order valence-corrected chi connectivity index (χ0v) is 16.2. The topological polar surface area (TPSA) is 41.6 Å². The maximum atomic E-state index is 12.9. The number of hydrogen-bond acceptors (Lipinski definition) is 3. The Morgan fingerprint density at radius 1 is 1.04 bits per heavy atom. The van der Waals surface area contributed by atoms with Crippen molar-refractivity contribution in [3.63, 3.8) is 0 Å². The van der Waals surface area contributed by atoms with Gasteiger partial charge < -0.3 is 10.1 Å². The van der Waals surface area contributed by atoms with Gasteiger partial charge in [-0.2, -0.15) is 0 Å². The number of nitrogens with zero attached hydrogens (tertiary/aromatic N) is 1. The zero-order chi connectivity index (χ0) is 19.4. The molecule has 3 aromatic carbocycles. The Hall–Kier alpha value is -2.85. The number of benzene rings is 3. The van der Waals surface area contributed by atoms with E-state index >= 15 is 0 Å². The molecular formula is C24H26N2O2. The second-order valence-electron chi connectivity index (χ2n) is 7.49. The molecule has 0 aromatic heterocycles. The van der Waals surface area contributed by atoms with E-state index in [-0.39, 0.29) is 5.91 Å². The molecule has 1 heterocycles. The highest BCUT2D eigenvalue weighted by Gasteiger charge is 2.46. The van der Waals surface area contributed by atoms with Gasteiger partial charge in [0.2, 0.25) is 5.91 Å². The van der Waals surface area contributed by atoms with Crippen molar-refractivity contribution >= 4 is 16.7 Å². The van der Waals surface area contributed by atoms with Crippen molar-refractivity contribution in [2.24, 2.45) is 0 Å². The summed E-state index contributed by atoms with van der Waals surface area (Å²) in [5.74, 6) is 0.955. The average molecular weight is 374 g/mol. The van der Waals surface area contributed by atoms with E-state index in [0.717, 1.165) is 30.8 Å². The number of amides is 1. The van der Waals surface area contributed by atoms with E-state index in [1.54, 1.807) is 0 Å². The van der Waals surface area contributed by atoms with Crippen LogP contribution < -0.4 is 10.1 Å². The van der Waals surface area contributed by atoms with Gasteiger partial charge in [0.1, 0.15) is 12.4 Å². The molecule has 3 aromatic rings. The van der Waals surface area contributed by atoms with Crippen molar-refractivity contribution in [3.05, 3.63) is 78.4 Å². The summed E-state index contributed by atoms with van der Waals surface area (Å²) in [6, 6.07) is 24.3. The summed E-state index contributed by atoms with van der Waals surface area (Å²) in [4.78, 5) is 15.1. The molecule has 1 saturated heterocycles. The highest BCUT2D eigenvalue weighted by atomic mass is 16.5. The Labute approximate surface area is 166 Å². The van der Waals surface area contributed by atoms with Crippen LogP contribution in [0.5, 0.6) is 5.75 Å². The van der Waals surface area contributed by atoms with Crippen molar-refractivity contribution in [2.45, 2.75) is 25.4 Å². The lowest BCUT2D eigenvalue weighted by Crippen LogP contribution is -2.66. The van der Waals surface area contributed by atoms with Crippen LogP contribution in [0.2, 0.25) is 0 Å². The summed E-state index contributed by atoms with van der Waals surface area (Å²) in [7, 11) is 0. The second-order valence-corrected chi connectivity index (χ2v) is 7.49. The Morgan fingerprint density at radius 2 is 1.79 bits per heavy atom. The van der Waals surface area contributed by atoms with E-state index in [0.29, 0.717) is 13.2 Å². The van der Waals surface area contributed by atoms with Gasteiger partial charge in [-0.1, -0.05) is 60.7 Å². The SMILES string of the molecule is CC1(C(=O)NCc2cccc3ccccc23)CCN1CCOc1ccccc1. The lowest BCUT2D eigenvalue weighted by atomic mass is 9.85. The number of ether oxygens (including phenoxy) is 1. The van der Waals surface area contributed by atoms with Crippen LogP contribution in [0.25, 0.3) is 10.8 Å². The molecule has 28 heavy (non-hydrogen) atoms. The fourth-order valence-corrected chi connectivity index (χ4v) is 3.82. The maximum absolute atomic E-state index is 12.9. The Kier molecular flexibility index (Phi) is 5.31. The zero-order valence-electron chi connectivity index (χ0n) is 16.2. The number of para-hydroxylation sites is 1. The van der Waals surface area contributed by atoms with Crippen LogP contribution in [0.4, 0.5) is 0 Å². The first-order chi connectivity index (χ1) is 13.7. The van der Waals surface area contributed by atoms with Crippen LogP contribution in [0.1, 0.15) is 18.9 Å². The predicted octanol–water partition coefficient (Wildman–Crippen LogP) is 4.00. The molecule has 4 rings (SSSR count). The third-order valence-corrected chi connectivity index (χ3v) is 5.75. The number of carbonyl (C=O) groups excluding carboxylic acids is 1. The second kappa shape index (κ2) is 8.03. The summed E-state index contributed by atoms with van der Waals surface area (Å²) in [5.41, 5.74) is 0.693. The van der Waals surface area contributed by atoms with Crippen molar-refractivity contribution in [1.82, 2.24) is 10.2 Å².